The van der Waals surface area contributed by atoms with Crippen molar-refractivity contribution in [2.75, 3.05) is 97.8 Å². The van der Waals surface area contributed by atoms with Gasteiger partial charge in [0.25, 0.3) is 0 Å². The molecule has 1 aliphatic heterocycles. The Balaban J connectivity index is 2.21. The van der Waals surface area contributed by atoms with Crippen molar-refractivity contribution in [2.45, 2.75) is 75.4 Å². The highest BCUT2D eigenvalue weighted by Gasteiger charge is 2.33. The third-order valence-corrected chi connectivity index (χ3v) is 16.2. The van der Waals surface area contributed by atoms with Gasteiger partial charge in [0, 0.05) is 49.0 Å². The number of aromatic hydroxyl groups is 1. The number of hydrogen-bond acceptors (Lipinski definition) is 24. The molecular weight excluding hydrogens is 1310 g/mol. The number of carboxylic acid groups (broad SMARTS) is 1. The maximum atomic E-state index is 13.9. The van der Waals surface area contributed by atoms with Crippen LogP contribution >= 0.6 is 59.7 Å². The summed E-state index contributed by atoms with van der Waals surface area (Å²) in [6, 6.07) is -4.38. The Bertz CT molecular complexity index is 2790. The molecule has 0 unspecified atom stereocenters. The Morgan fingerprint density at radius 3 is 1.63 bits per heavy atom. The van der Waals surface area contributed by atoms with Crippen molar-refractivity contribution >= 4 is 160 Å². The van der Waals surface area contributed by atoms with Crippen LogP contribution in [0.15, 0.2) is 24.3 Å². The van der Waals surface area contributed by atoms with Crippen molar-refractivity contribution in [3.8, 4) is 5.75 Å². The summed E-state index contributed by atoms with van der Waals surface area (Å²) < 4.78 is 0. The Labute approximate surface area is 549 Å². The van der Waals surface area contributed by atoms with Gasteiger partial charge in [-0.25, -0.2) is 0 Å². The minimum Gasteiger partial charge on any atom is -0.508 e. The lowest BCUT2D eigenvalue weighted by atomic mass is 10.0. The summed E-state index contributed by atoms with van der Waals surface area (Å²) in [6.45, 7) is -1.82. The Morgan fingerprint density at radius 2 is 1.12 bits per heavy atom. The number of nitrogens with one attached hydrogen (secondary N) is 15. The first-order valence-electron chi connectivity index (χ1n) is 27.7. The van der Waals surface area contributed by atoms with Gasteiger partial charge in [-0.05, 0) is 36.4 Å². The molecule has 36 nitrogen and oxygen atoms in total. The number of nitrogens with two attached hydrogens (primary N) is 2. The molecule has 1 aromatic rings. The quantitative estimate of drug-likeness (QED) is 0.0170. The van der Waals surface area contributed by atoms with Crippen molar-refractivity contribution in [1.82, 2.24) is 79.8 Å². The maximum Gasteiger partial charge on any atom is 0.305 e. The highest BCUT2D eigenvalue weighted by Crippen LogP contribution is 2.14. The van der Waals surface area contributed by atoms with Crippen molar-refractivity contribution < 1.29 is 91.7 Å². The van der Waals surface area contributed by atoms with Crippen LogP contribution in [0.5, 0.6) is 5.75 Å². The van der Waals surface area contributed by atoms with Crippen LogP contribution in [0.2, 0.25) is 0 Å². The first kappa shape index (κ1) is 79.8. The van der Waals surface area contributed by atoms with E-state index < -0.39 is 200 Å². The van der Waals surface area contributed by atoms with Crippen LogP contribution in [-0.2, 0) is 87.9 Å². The number of carboxylic acids is 1. The molecule has 510 valence electrons. The second-order valence-electron chi connectivity index (χ2n) is 19.4. The van der Waals surface area contributed by atoms with Crippen LogP contribution in [0.4, 0.5) is 0 Å². The summed E-state index contributed by atoms with van der Waals surface area (Å²) >= 11 is 7.87. The molecule has 0 radical (unpaired) electrons. The summed E-state index contributed by atoms with van der Waals surface area (Å²) in [7, 11) is 0. The van der Waals surface area contributed by atoms with E-state index in [0.29, 0.717) is 24.3 Å². The number of carbonyl (C=O) groups excluding carboxylic acids is 16. The van der Waals surface area contributed by atoms with E-state index in [-0.39, 0.29) is 46.9 Å². The van der Waals surface area contributed by atoms with Crippen molar-refractivity contribution in [2.24, 2.45) is 11.5 Å². The van der Waals surface area contributed by atoms with Crippen molar-refractivity contribution in [3.63, 3.8) is 0 Å². The first-order valence-corrected chi connectivity index (χ1v) is 33.0. The van der Waals surface area contributed by atoms with E-state index >= 15 is 0 Å². The van der Waals surface area contributed by atoms with Crippen molar-refractivity contribution in [1.29, 1.82) is 0 Å². The molecule has 0 spiro atoms. The number of benzene rings is 1. The molecule has 92 heavy (non-hydrogen) atoms. The Morgan fingerprint density at radius 1 is 0.620 bits per heavy atom. The van der Waals surface area contributed by atoms with Gasteiger partial charge in [-0.1, -0.05) is 12.1 Å². The predicted molar refractivity (Wildman–Crippen MR) is 339 cm³/mol. The lowest BCUT2D eigenvalue weighted by molar-refractivity contribution is -0.141. The molecule has 16 amide bonds. The third kappa shape index (κ3) is 34.8. The molecule has 0 aliphatic carbocycles. The van der Waals surface area contributed by atoms with E-state index in [9.17, 15) is 91.7 Å². The fourth-order valence-corrected chi connectivity index (χ4v) is 11.0. The van der Waals surface area contributed by atoms with Crippen LogP contribution in [0.1, 0.15) is 32.3 Å². The second kappa shape index (κ2) is 44.3. The van der Waals surface area contributed by atoms with Crippen molar-refractivity contribution in [3.05, 3.63) is 29.8 Å². The number of hydrogen-bond donors (Lipinski definition) is 20. The summed E-state index contributed by atoms with van der Waals surface area (Å²) in [5.74, 6) is -16.6. The number of amides is 16. The smallest absolute Gasteiger partial charge is 0.305 e. The molecule has 1 aliphatic rings. The van der Waals surface area contributed by atoms with Gasteiger partial charge in [-0.2, -0.15) is 24.4 Å². The Hall–Kier alpha value is -8.28. The van der Waals surface area contributed by atoms with Crippen LogP contribution in [-0.4, -0.2) is 251 Å². The fraction of sp³-hybridized carbons (Fsp3) is 0.549. The zero-order valence-corrected chi connectivity index (χ0v) is 54.0. The van der Waals surface area contributed by atoms with Gasteiger partial charge in [0.1, 0.15) is 48.0 Å². The molecule has 41 heteroatoms. The molecule has 1 aromatic carbocycles. The molecule has 1 saturated heterocycles. The topological polar surface area (TPSA) is 563 Å². The number of rotatable bonds is 35. The molecule has 1 fully saturated rings. The number of aliphatic carboxylic acids is 1. The van der Waals surface area contributed by atoms with Gasteiger partial charge in [-0.15, -0.1) is 35.3 Å². The van der Waals surface area contributed by atoms with E-state index in [0.717, 1.165) is 35.3 Å². The van der Waals surface area contributed by atoms with Gasteiger partial charge in [-0.3, -0.25) is 81.5 Å². The van der Waals surface area contributed by atoms with Gasteiger partial charge in [0.15, 0.2) is 0 Å². The van der Waals surface area contributed by atoms with E-state index in [4.69, 9.17) is 11.5 Å². The number of phenolic OH excluding ortho intramolecular Hbond substituents is 1. The van der Waals surface area contributed by atoms with Crippen LogP contribution in [0.25, 0.3) is 0 Å². The average Bonchev–Trinajstić information content (AvgIpc) is 1.10. The summed E-state index contributed by atoms with van der Waals surface area (Å²) in [6.07, 6.45) is -0.594. The summed E-state index contributed by atoms with van der Waals surface area (Å²) in [5, 5.41) is 54.7. The first-order chi connectivity index (χ1) is 43.6. The highest BCUT2D eigenvalue weighted by atomic mass is 32.2. The minimum absolute atomic E-state index is 0.00245. The van der Waals surface area contributed by atoms with Crippen LogP contribution in [0.3, 0.4) is 0 Å². The number of thiol groups is 1. The molecule has 1 heterocycles. The summed E-state index contributed by atoms with van der Waals surface area (Å²) in [5.41, 5.74) is 11.3. The zero-order chi connectivity index (χ0) is 68.7. The van der Waals surface area contributed by atoms with Gasteiger partial charge < -0.3 is 101 Å². The van der Waals surface area contributed by atoms with Gasteiger partial charge >= 0.3 is 5.97 Å². The Kier molecular flexibility index (Phi) is 38.4. The lowest BCUT2D eigenvalue weighted by Gasteiger charge is -2.25. The number of phenols is 1. The molecule has 0 aromatic heterocycles. The molecule has 0 bridgehead atoms. The molecule has 2 rings (SSSR count). The van der Waals surface area contributed by atoms with E-state index in [1.165, 1.54) is 49.9 Å². The average molecular weight is 1390 g/mol. The highest BCUT2D eigenvalue weighted by molar-refractivity contribution is 8.00. The van der Waals surface area contributed by atoms with E-state index in [1.807, 2.05) is 0 Å². The monoisotopic (exact) mass is 1390 g/mol. The second-order valence-corrected chi connectivity index (χ2v) is 24.0. The molecule has 7 atom stereocenters. The fourth-order valence-electron chi connectivity index (χ4n) is 7.12. The van der Waals surface area contributed by atoms with Gasteiger partial charge in [0.2, 0.25) is 94.5 Å². The largest absolute Gasteiger partial charge is 0.508 e. The van der Waals surface area contributed by atoms with Gasteiger partial charge in [0.05, 0.1) is 63.2 Å². The number of thioether (sulfide) groups is 4. The molecule has 0 saturated carbocycles. The standard InChI is InChI=1S/C51H77N17O19S5/c1-26(69)60-24-91-21-33(46(82)56-12-37(72)54-14-39(74)64-32(18-88)45(53)81)66-42(77)17-58-47(83)34(22-92-25-61-27(2)70)65-40(75)15-55-38(73)13-57-49(85)36-20-90-23-43(78)63-30(10-28-4-6-29(71)7-5-28)50(86)67-35(19-89-9-3-8-52)48(84)59-16-41(76)62-31(11-44(79)80)51(87)68-36/h4-7,30-36,71,88H,3,8-25,52H2,1-2H3,(H2,53,81)(H,54,72)(H,55,73)(H,56,82)(H,57,85)(H,58,83)(H,59,84)(H,60,69)(H,61,70)(H,62,76)(H,63,78)(H,64,74)(H,65,75)(H,66,77)(H,67,86)(H,68,87)(H,79,80)/t30-,31+,32+,33+,34+,35+,36+/m1/s1. The maximum absolute atomic E-state index is 13.9. The molecule has 21 N–H and O–H groups in total. The zero-order valence-electron chi connectivity index (χ0n) is 49.9. The number of primary amides is 1. The normalized spacial score (nSPS) is 17.3. The molecular formula is C51H77N17O19S5. The predicted octanol–water partition coefficient (Wildman–Crippen LogP) is -9.60. The minimum atomic E-state index is -1.85. The third-order valence-electron chi connectivity index (χ3n) is 11.8. The van der Waals surface area contributed by atoms with E-state index in [1.54, 1.807) is 0 Å². The number of carbonyl (C=O) groups is 17. The lowest BCUT2D eigenvalue weighted by Crippen LogP contribution is -2.58. The SMILES string of the molecule is CC(=O)NCSC[C@H](NC(=O)CNC(=O)CNC(=O)[C@@H]1CSCC(=O)N[C@H](Cc2ccc(O)cc2)C(=O)N[C@@H](CSCCCN)C(=O)NCC(=O)N[C@@H](CC(=O)O)C(=O)N1)C(=O)NCC(=O)N[C@@H](CSCNC(C)=O)C(=O)NCC(=O)NCC(=O)N[C@@H](CS)C(N)=O. The van der Waals surface area contributed by atoms with E-state index in [2.05, 4.69) is 92.4 Å². The summed E-state index contributed by atoms with van der Waals surface area (Å²) in [4.78, 5) is 218. The van der Waals surface area contributed by atoms with Crippen LogP contribution < -0.4 is 91.2 Å². The van der Waals surface area contributed by atoms with Crippen LogP contribution in [0, 0.1) is 0 Å².